The molecule has 0 unspecified atom stereocenters. The van der Waals surface area contributed by atoms with Crippen molar-refractivity contribution in [3.05, 3.63) is 64.7 Å². The molecule has 0 radical (unpaired) electrons. The Hall–Kier alpha value is -2.42. The van der Waals surface area contributed by atoms with Crippen molar-refractivity contribution in [1.82, 2.24) is 14.9 Å². The number of carbonyl (C=O) groups is 2. The Kier molecular flexibility index (Phi) is 7.47. The van der Waals surface area contributed by atoms with Gasteiger partial charge in [-0.1, -0.05) is 41.9 Å². The van der Waals surface area contributed by atoms with Gasteiger partial charge in [-0.2, -0.15) is 0 Å². The first kappa shape index (κ1) is 22.3. The van der Waals surface area contributed by atoms with Gasteiger partial charge in [-0.05, 0) is 36.6 Å². The number of sulfonamides is 1. The van der Waals surface area contributed by atoms with E-state index in [9.17, 15) is 18.0 Å². The third kappa shape index (κ3) is 5.81. The zero-order valence-electron chi connectivity index (χ0n) is 16.4. The lowest BCUT2D eigenvalue weighted by atomic mass is 10.2. The van der Waals surface area contributed by atoms with Crippen LogP contribution in [0.3, 0.4) is 0 Å². The number of amides is 2. The van der Waals surface area contributed by atoms with Gasteiger partial charge < -0.3 is 10.2 Å². The summed E-state index contributed by atoms with van der Waals surface area (Å²) in [6.07, 6.45) is 2.24. The molecule has 0 aromatic heterocycles. The van der Waals surface area contributed by atoms with Gasteiger partial charge in [0.25, 0.3) is 5.91 Å². The molecule has 0 spiro atoms. The Morgan fingerprint density at radius 3 is 2.43 bits per heavy atom. The molecule has 2 N–H and O–H groups in total. The molecule has 1 aliphatic heterocycles. The van der Waals surface area contributed by atoms with Gasteiger partial charge in [0.15, 0.2) is 0 Å². The Bertz CT molecular complexity index is 1010. The van der Waals surface area contributed by atoms with Crippen LogP contribution in [0.15, 0.2) is 53.4 Å². The van der Waals surface area contributed by atoms with Gasteiger partial charge in [0.1, 0.15) is 4.90 Å². The largest absolute Gasteiger partial charge is 0.352 e. The molecule has 0 aliphatic carbocycles. The molecule has 3 rings (SSSR count). The molecule has 1 fully saturated rings. The molecule has 0 atom stereocenters. The van der Waals surface area contributed by atoms with Gasteiger partial charge in [-0.3, -0.25) is 9.59 Å². The fourth-order valence-electron chi connectivity index (χ4n) is 3.21. The topological polar surface area (TPSA) is 95.6 Å². The summed E-state index contributed by atoms with van der Waals surface area (Å²) < 4.78 is 27.8. The molecule has 1 heterocycles. The van der Waals surface area contributed by atoms with Crippen molar-refractivity contribution in [3.8, 4) is 0 Å². The third-order valence-electron chi connectivity index (χ3n) is 4.88. The van der Waals surface area contributed by atoms with Gasteiger partial charge in [0.2, 0.25) is 15.9 Å². The predicted molar refractivity (Wildman–Crippen MR) is 115 cm³/mol. The highest BCUT2D eigenvalue weighted by atomic mass is 35.5. The van der Waals surface area contributed by atoms with E-state index in [1.807, 2.05) is 18.2 Å². The van der Waals surface area contributed by atoms with Crippen LogP contribution in [0.25, 0.3) is 0 Å². The number of likely N-dealkylation sites (tertiary alicyclic amines) is 1. The second-order valence-electron chi connectivity index (χ2n) is 7.05. The SMILES string of the molecule is O=C(NCCC(=O)N1CCCC1)c1ccc(Cl)c(S(=O)(=O)NCc2ccccc2)c1. The van der Waals surface area contributed by atoms with Crippen molar-refractivity contribution in [2.75, 3.05) is 19.6 Å². The zero-order valence-corrected chi connectivity index (χ0v) is 18.0. The summed E-state index contributed by atoms with van der Waals surface area (Å²) in [6.45, 7) is 1.82. The van der Waals surface area contributed by atoms with E-state index in [0.29, 0.717) is 0 Å². The molecule has 1 aliphatic rings. The van der Waals surface area contributed by atoms with Crippen LogP contribution >= 0.6 is 11.6 Å². The van der Waals surface area contributed by atoms with Gasteiger partial charge in [0.05, 0.1) is 5.02 Å². The maximum Gasteiger partial charge on any atom is 0.251 e. The molecule has 7 nitrogen and oxygen atoms in total. The van der Waals surface area contributed by atoms with Crippen LogP contribution < -0.4 is 10.0 Å². The van der Waals surface area contributed by atoms with Crippen molar-refractivity contribution in [1.29, 1.82) is 0 Å². The molecule has 160 valence electrons. The summed E-state index contributed by atoms with van der Waals surface area (Å²) in [7, 11) is -3.91. The monoisotopic (exact) mass is 449 g/mol. The number of carbonyl (C=O) groups excluding carboxylic acids is 2. The molecule has 2 aromatic rings. The van der Waals surface area contributed by atoms with E-state index in [4.69, 9.17) is 11.6 Å². The van der Waals surface area contributed by atoms with Crippen LogP contribution in [0.4, 0.5) is 0 Å². The van der Waals surface area contributed by atoms with Crippen molar-refractivity contribution >= 4 is 33.4 Å². The minimum Gasteiger partial charge on any atom is -0.352 e. The van der Waals surface area contributed by atoms with Crippen molar-refractivity contribution < 1.29 is 18.0 Å². The fourth-order valence-corrected chi connectivity index (χ4v) is 4.75. The number of rotatable bonds is 8. The summed E-state index contributed by atoms with van der Waals surface area (Å²) >= 11 is 6.08. The number of hydrogen-bond donors (Lipinski definition) is 2. The van der Waals surface area contributed by atoms with E-state index in [1.54, 1.807) is 17.0 Å². The van der Waals surface area contributed by atoms with Crippen LogP contribution in [0, 0.1) is 0 Å². The average Bonchev–Trinajstić information content (AvgIpc) is 3.28. The number of nitrogens with one attached hydrogen (secondary N) is 2. The smallest absolute Gasteiger partial charge is 0.251 e. The number of hydrogen-bond acceptors (Lipinski definition) is 4. The molecule has 2 aromatic carbocycles. The van der Waals surface area contributed by atoms with E-state index in [0.717, 1.165) is 31.5 Å². The van der Waals surface area contributed by atoms with Crippen molar-refractivity contribution in [2.24, 2.45) is 0 Å². The Labute approximate surface area is 181 Å². The molecule has 0 saturated carbocycles. The summed E-state index contributed by atoms with van der Waals surface area (Å²) in [6, 6.07) is 13.2. The second-order valence-corrected chi connectivity index (χ2v) is 9.19. The van der Waals surface area contributed by atoms with E-state index in [-0.39, 0.29) is 40.9 Å². The lowest BCUT2D eigenvalue weighted by Gasteiger charge is -2.15. The average molecular weight is 450 g/mol. The quantitative estimate of drug-likeness (QED) is 0.647. The molecular formula is C21H24ClN3O4S. The number of halogens is 1. The lowest BCUT2D eigenvalue weighted by molar-refractivity contribution is -0.129. The van der Waals surface area contributed by atoms with Crippen LogP contribution in [-0.4, -0.2) is 44.8 Å². The molecular weight excluding hydrogens is 426 g/mol. The number of benzene rings is 2. The fraction of sp³-hybridized carbons (Fsp3) is 0.333. The second kappa shape index (κ2) is 10.1. The van der Waals surface area contributed by atoms with E-state index < -0.39 is 15.9 Å². The first-order valence-electron chi connectivity index (χ1n) is 9.76. The Morgan fingerprint density at radius 1 is 1.03 bits per heavy atom. The van der Waals surface area contributed by atoms with E-state index in [2.05, 4.69) is 10.0 Å². The summed E-state index contributed by atoms with van der Waals surface area (Å²) in [5, 5.41) is 2.69. The molecule has 2 amide bonds. The van der Waals surface area contributed by atoms with Crippen LogP contribution in [-0.2, 0) is 21.4 Å². The minimum absolute atomic E-state index is 0.0114. The third-order valence-corrected chi connectivity index (χ3v) is 6.76. The lowest BCUT2D eigenvalue weighted by Crippen LogP contribution is -2.32. The molecule has 9 heteroatoms. The van der Waals surface area contributed by atoms with Gasteiger partial charge in [0, 0.05) is 38.2 Å². The van der Waals surface area contributed by atoms with Crippen LogP contribution in [0.1, 0.15) is 35.2 Å². The van der Waals surface area contributed by atoms with Crippen molar-refractivity contribution in [2.45, 2.75) is 30.7 Å². The Morgan fingerprint density at radius 2 is 1.73 bits per heavy atom. The van der Waals surface area contributed by atoms with Crippen molar-refractivity contribution in [3.63, 3.8) is 0 Å². The van der Waals surface area contributed by atoms with Gasteiger partial charge >= 0.3 is 0 Å². The molecule has 30 heavy (non-hydrogen) atoms. The summed E-state index contributed by atoms with van der Waals surface area (Å²) in [5.74, 6) is -0.447. The minimum atomic E-state index is -3.91. The number of nitrogens with zero attached hydrogens (tertiary/aromatic N) is 1. The van der Waals surface area contributed by atoms with Crippen LogP contribution in [0.5, 0.6) is 0 Å². The van der Waals surface area contributed by atoms with Gasteiger partial charge in [-0.25, -0.2) is 13.1 Å². The van der Waals surface area contributed by atoms with Gasteiger partial charge in [-0.15, -0.1) is 0 Å². The maximum atomic E-state index is 12.7. The highest BCUT2D eigenvalue weighted by molar-refractivity contribution is 7.89. The summed E-state index contributed by atoms with van der Waals surface area (Å²) in [5.41, 5.74) is 0.960. The predicted octanol–water partition coefficient (Wildman–Crippen LogP) is 2.56. The first-order valence-corrected chi connectivity index (χ1v) is 11.6. The maximum absolute atomic E-state index is 12.7. The normalized spacial score (nSPS) is 14.0. The zero-order chi connectivity index (χ0) is 21.6. The van der Waals surface area contributed by atoms with E-state index in [1.165, 1.54) is 18.2 Å². The highest BCUT2D eigenvalue weighted by Crippen LogP contribution is 2.23. The molecule has 1 saturated heterocycles. The van der Waals surface area contributed by atoms with Crippen LogP contribution in [0.2, 0.25) is 5.02 Å². The summed E-state index contributed by atoms with van der Waals surface area (Å²) in [4.78, 5) is 26.1. The first-order chi connectivity index (χ1) is 14.4. The Balaban J connectivity index is 1.61. The highest BCUT2D eigenvalue weighted by Gasteiger charge is 2.21. The molecule has 0 bridgehead atoms. The van der Waals surface area contributed by atoms with E-state index >= 15 is 0 Å². The standard InChI is InChI=1S/C21H24ClN3O4S/c22-18-9-8-17(21(27)23-11-10-20(26)25-12-4-5-13-25)14-19(18)30(28,29)24-15-16-6-2-1-3-7-16/h1-3,6-9,14,24H,4-5,10-13,15H2,(H,23,27).